The summed E-state index contributed by atoms with van der Waals surface area (Å²) >= 11 is 0. The minimum absolute atomic E-state index is 0.188. The van der Waals surface area contributed by atoms with Gasteiger partial charge in [-0.3, -0.25) is 0 Å². The third kappa shape index (κ3) is 1.54. The van der Waals surface area contributed by atoms with Crippen LogP contribution in [0.5, 0.6) is 5.75 Å². The van der Waals surface area contributed by atoms with Crippen LogP contribution in [-0.4, -0.2) is 10.3 Å². The first-order valence-corrected chi connectivity index (χ1v) is 4.60. The fourth-order valence-corrected chi connectivity index (χ4v) is 1.47. The summed E-state index contributed by atoms with van der Waals surface area (Å²) in [5.41, 5.74) is 8.98. The number of aromatic nitrogens is 1. The quantitative estimate of drug-likeness (QED) is 0.747. The second-order valence-electron chi connectivity index (χ2n) is 3.56. The standard InChI is InChI=1S/C11H12N2O2/c1-6-3-8(10(14)4-7(6)2)9-5-13-15-11(9)12/h3-5,14H,12H2,1-2H3. The minimum atomic E-state index is 0.188. The van der Waals surface area contributed by atoms with Gasteiger partial charge in [0.25, 0.3) is 0 Å². The maximum Gasteiger partial charge on any atom is 0.230 e. The van der Waals surface area contributed by atoms with Gasteiger partial charge in [0.05, 0.1) is 11.8 Å². The highest BCUT2D eigenvalue weighted by Crippen LogP contribution is 2.34. The van der Waals surface area contributed by atoms with E-state index in [0.29, 0.717) is 11.1 Å². The van der Waals surface area contributed by atoms with Crippen molar-refractivity contribution in [3.8, 4) is 16.9 Å². The van der Waals surface area contributed by atoms with Crippen molar-refractivity contribution in [3.05, 3.63) is 29.5 Å². The van der Waals surface area contributed by atoms with E-state index in [1.807, 2.05) is 19.9 Å². The van der Waals surface area contributed by atoms with E-state index >= 15 is 0 Å². The van der Waals surface area contributed by atoms with Gasteiger partial charge in [0.1, 0.15) is 5.75 Å². The van der Waals surface area contributed by atoms with Crippen LogP contribution in [0.1, 0.15) is 11.1 Å². The number of benzene rings is 1. The van der Waals surface area contributed by atoms with Crippen LogP contribution in [0.25, 0.3) is 11.1 Å². The zero-order valence-electron chi connectivity index (χ0n) is 8.61. The number of rotatable bonds is 1. The minimum Gasteiger partial charge on any atom is -0.507 e. The predicted octanol–water partition coefficient (Wildman–Crippen LogP) is 2.25. The number of phenolic OH excluding ortho intramolecular Hbond substituents is 1. The third-order valence-electron chi connectivity index (χ3n) is 2.50. The van der Waals surface area contributed by atoms with Crippen molar-refractivity contribution in [2.24, 2.45) is 0 Å². The van der Waals surface area contributed by atoms with Crippen LogP contribution in [-0.2, 0) is 0 Å². The lowest BCUT2D eigenvalue weighted by molar-refractivity contribution is 0.436. The van der Waals surface area contributed by atoms with Crippen LogP contribution in [0.4, 0.5) is 5.88 Å². The molecular weight excluding hydrogens is 192 g/mol. The molecule has 3 N–H and O–H groups in total. The summed E-state index contributed by atoms with van der Waals surface area (Å²) in [6.07, 6.45) is 1.50. The summed E-state index contributed by atoms with van der Waals surface area (Å²) in [7, 11) is 0. The number of nitrogen functional groups attached to an aromatic ring is 1. The van der Waals surface area contributed by atoms with Crippen LogP contribution in [0, 0.1) is 13.8 Å². The zero-order valence-corrected chi connectivity index (χ0v) is 8.61. The van der Waals surface area contributed by atoms with Crippen molar-refractivity contribution in [1.29, 1.82) is 0 Å². The molecule has 0 unspecified atom stereocenters. The molecule has 0 aliphatic carbocycles. The maximum absolute atomic E-state index is 9.79. The fourth-order valence-electron chi connectivity index (χ4n) is 1.47. The van der Waals surface area contributed by atoms with Gasteiger partial charge >= 0.3 is 0 Å². The number of nitrogens with two attached hydrogens (primary N) is 1. The topological polar surface area (TPSA) is 72.3 Å². The van der Waals surface area contributed by atoms with Crippen LogP contribution < -0.4 is 5.73 Å². The van der Waals surface area contributed by atoms with Gasteiger partial charge in [-0.25, -0.2) is 0 Å². The molecule has 78 valence electrons. The van der Waals surface area contributed by atoms with Gasteiger partial charge in [0.2, 0.25) is 5.88 Å². The van der Waals surface area contributed by atoms with E-state index in [9.17, 15) is 5.11 Å². The Morgan fingerprint density at radius 3 is 2.47 bits per heavy atom. The number of hydrogen-bond acceptors (Lipinski definition) is 4. The molecule has 1 aromatic carbocycles. The molecule has 0 aliphatic heterocycles. The molecule has 1 heterocycles. The maximum atomic E-state index is 9.79. The second kappa shape index (κ2) is 3.31. The molecule has 0 aliphatic rings. The van der Waals surface area contributed by atoms with Gasteiger partial charge in [-0.2, -0.15) is 0 Å². The Labute approximate surface area is 87.3 Å². The summed E-state index contributed by atoms with van der Waals surface area (Å²) in [5.74, 6) is 0.404. The van der Waals surface area contributed by atoms with Gasteiger partial charge in [-0.15, -0.1) is 0 Å². The lowest BCUT2D eigenvalue weighted by Gasteiger charge is -2.06. The summed E-state index contributed by atoms with van der Waals surface area (Å²) in [5, 5.41) is 13.4. The first-order valence-electron chi connectivity index (χ1n) is 4.60. The molecule has 0 bridgehead atoms. The van der Waals surface area contributed by atoms with Crippen LogP contribution in [0.2, 0.25) is 0 Å². The van der Waals surface area contributed by atoms with Crippen LogP contribution in [0.3, 0.4) is 0 Å². The molecule has 0 saturated carbocycles. The molecule has 0 saturated heterocycles. The molecule has 0 fully saturated rings. The first kappa shape index (κ1) is 9.58. The van der Waals surface area contributed by atoms with E-state index in [-0.39, 0.29) is 11.6 Å². The molecule has 0 amide bonds. The van der Waals surface area contributed by atoms with Crippen LogP contribution in [0.15, 0.2) is 22.9 Å². The van der Waals surface area contributed by atoms with Gasteiger partial charge in [0.15, 0.2) is 0 Å². The van der Waals surface area contributed by atoms with Gasteiger partial charge in [-0.05, 0) is 37.1 Å². The number of aryl methyl sites for hydroxylation is 2. The van der Waals surface area contributed by atoms with E-state index in [1.54, 1.807) is 6.07 Å². The van der Waals surface area contributed by atoms with E-state index in [4.69, 9.17) is 10.3 Å². The molecule has 0 radical (unpaired) electrons. The lowest BCUT2D eigenvalue weighted by atomic mass is 10.0. The number of phenols is 1. The monoisotopic (exact) mass is 204 g/mol. The fraction of sp³-hybridized carbons (Fsp3) is 0.182. The third-order valence-corrected chi connectivity index (χ3v) is 2.50. The Morgan fingerprint density at radius 1 is 1.20 bits per heavy atom. The van der Waals surface area contributed by atoms with Gasteiger partial charge in [0, 0.05) is 5.56 Å². The SMILES string of the molecule is Cc1cc(O)c(-c2cnoc2N)cc1C. The molecule has 1 aromatic heterocycles. The molecule has 15 heavy (non-hydrogen) atoms. The zero-order chi connectivity index (χ0) is 11.0. The highest BCUT2D eigenvalue weighted by molar-refractivity contribution is 5.77. The van der Waals surface area contributed by atoms with Gasteiger partial charge in [-0.1, -0.05) is 5.16 Å². The Morgan fingerprint density at radius 2 is 1.87 bits per heavy atom. The summed E-state index contributed by atoms with van der Waals surface area (Å²) in [6.45, 7) is 3.91. The molecular formula is C11H12N2O2. The van der Waals surface area contributed by atoms with Crippen molar-refractivity contribution in [3.63, 3.8) is 0 Å². The van der Waals surface area contributed by atoms with Gasteiger partial charge < -0.3 is 15.4 Å². The highest BCUT2D eigenvalue weighted by Gasteiger charge is 2.12. The smallest absolute Gasteiger partial charge is 0.230 e. The predicted molar refractivity (Wildman–Crippen MR) is 57.5 cm³/mol. The number of nitrogens with zero attached hydrogens (tertiary/aromatic N) is 1. The van der Waals surface area contributed by atoms with E-state index in [0.717, 1.165) is 11.1 Å². The average Bonchev–Trinajstić information content (AvgIpc) is 2.58. The average molecular weight is 204 g/mol. The summed E-state index contributed by atoms with van der Waals surface area (Å²) < 4.78 is 4.76. The van der Waals surface area contributed by atoms with E-state index < -0.39 is 0 Å². The van der Waals surface area contributed by atoms with Crippen molar-refractivity contribution in [2.75, 3.05) is 5.73 Å². The first-order chi connectivity index (χ1) is 7.09. The van der Waals surface area contributed by atoms with Crippen molar-refractivity contribution >= 4 is 5.88 Å². The number of aromatic hydroxyl groups is 1. The summed E-state index contributed by atoms with van der Waals surface area (Å²) in [4.78, 5) is 0. The van der Waals surface area contributed by atoms with Crippen LogP contribution >= 0.6 is 0 Å². The Kier molecular flexibility index (Phi) is 2.11. The van der Waals surface area contributed by atoms with E-state index in [1.165, 1.54) is 6.20 Å². The molecule has 2 rings (SSSR count). The molecule has 4 nitrogen and oxygen atoms in total. The normalized spacial score (nSPS) is 10.5. The lowest BCUT2D eigenvalue weighted by Crippen LogP contribution is -1.88. The van der Waals surface area contributed by atoms with Crippen molar-refractivity contribution in [2.45, 2.75) is 13.8 Å². The number of anilines is 1. The van der Waals surface area contributed by atoms with Crippen molar-refractivity contribution in [1.82, 2.24) is 5.16 Å². The van der Waals surface area contributed by atoms with E-state index in [2.05, 4.69) is 5.16 Å². The highest BCUT2D eigenvalue weighted by atomic mass is 16.5. The summed E-state index contributed by atoms with van der Waals surface area (Å²) in [6, 6.07) is 3.57. The number of hydrogen-bond donors (Lipinski definition) is 2. The Balaban J connectivity index is 2.64. The molecule has 2 aromatic rings. The molecule has 0 atom stereocenters. The molecule has 4 heteroatoms. The second-order valence-corrected chi connectivity index (χ2v) is 3.56. The van der Waals surface area contributed by atoms with Crippen molar-refractivity contribution < 1.29 is 9.63 Å². The molecule has 0 spiro atoms. The largest absolute Gasteiger partial charge is 0.507 e. The Bertz CT molecular complexity index is 503. The Hall–Kier alpha value is -1.97.